The highest BCUT2D eigenvalue weighted by Crippen LogP contribution is 2.42. The molecule has 2 saturated carbocycles. The Morgan fingerprint density at radius 2 is 1.77 bits per heavy atom. The van der Waals surface area contributed by atoms with Crippen LogP contribution in [-0.2, 0) is 0 Å². The van der Waals surface area contributed by atoms with Crippen molar-refractivity contribution in [1.29, 1.82) is 0 Å². The largest absolute Gasteiger partial charge is 0.151 e. The summed E-state index contributed by atoms with van der Waals surface area (Å²) in [4.78, 5) is 10.1. The van der Waals surface area contributed by atoms with Gasteiger partial charge in [0.15, 0.2) is 0 Å². The summed E-state index contributed by atoms with van der Waals surface area (Å²) in [6, 6.07) is 0. The number of hydrogen-bond acceptors (Lipinski definition) is 2. The molecule has 0 spiro atoms. The van der Waals surface area contributed by atoms with Gasteiger partial charge in [-0.15, -0.1) is 0 Å². The van der Waals surface area contributed by atoms with E-state index in [-0.39, 0.29) is 0 Å². The normalized spacial score (nSPS) is 35.4. The van der Waals surface area contributed by atoms with Crippen LogP contribution >= 0.6 is 0 Å². The summed E-state index contributed by atoms with van der Waals surface area (Å²) in [6.45, 7) is 0.573. The summed E-state index contributed by atoms with van der Waals surface area (Å²) in [7, 11) is 0. The number of nitroso groups, excluding NO2 is 1. The zero-order valence-corrected chi connectivity index (χ0v) is 8.24. The first-order chi connectivity index (χ1) is 6.40. The highest BCUT2D eigenvalue weighted by atomic mass is 16.3. The molecule has 74 valence electrons. The molecule has 0 radical (unpaired) electrons. The second-order valence-electron chi connectivity index (χ2n) is 4.80. The van der Waals surface area contributed by atoms with Crippen LogP contribution in [0.25, 0.3) is 0 Å². The van der Waals surface area contributed by atoms with Crippen LogP contribution in [0.3, 0.4) is 0 Å². The third kappa shape index (κ3) is 2.09. The molecule has 0 amide bonds. The van der Waals surface area contributed by atoms with Crippen molar-refractivity contribution in [3.8, 4) is 0 Å². The van der Waals surface area contributed by atoms with E-state index in [9.17, 15) is 4.91 Å². The third-order valence-electron chi connectivity index (χ3n) is 3.98. The number of nitrogens with zero attached hydrogens (tertiary/aromatic N) is 1. The number of hydrogen-bond donors (Lipinski definition) is 0. The van der Waals surface area contributed by atoms with Gasteiger partial charge in [0.25, 0.3) is 0 Å². The fraction of sp³-hybridized carbons (Fsp3) is 1.00. The Labute approximate surface area is 80.1 Å². The Hall–Kier alpha value is -0.400. The molecule has 0 saturated heterocycles. The molecule has 0 heterocycles. The highest BCUT2D eigenvalue weighted by molar-refractivity contribution is 4.83. The molecule has 2 aliphatic carbocycles. The minimum absolute atomic E-state index is 0.573. The molecule has 2 nitrogen and oxygen atoms in total. The maximum atomic E-state index is 10.1. The molecule has 2 rings (SSSR count). The van der Waals surface area contributed by atoms with E-state index in [1.54, 1.807) is 0 Å². The highest BCUT2D eigenvalue weighted by Gasteiger charge is 2.32. The lowest BCUT2D eigenvalue weighted by Gasteiger charge is -2.17. The SMILES string of the molecule is O=NCC1CCC(C2CCCC2)C1. The third-order valence-corrected chi connectivity index (χ3v) is 3.98. The minimum Gasteiger partial charge on any atom is -0.151 e. The van der Waals surface area contributed by atoms with Crippen LogP contribution in [0, 0.1) is 22.7 Å². The summed E-state index contributed by atoms with van der Waals surface area (Å²) < 4.78 is 0. The van der Waals surface area contributed by atoms with Crippen molar-refractivity contribution in [3.05, 3.63) is 4.91 Å². The van der Waals surface area contributed by atoms with Gasteiger partial charge in [0.05, 0.1) is 6.54 Å². The predicted octanol–water partition coefficient (Wildman–Crippen LogP) is 3.36. The smallest absolute Gasteiger partial charge is 0.0839 e. The minimum atomic E-state index is 0.573. The fourth-order valence-electron chi connectivity index (χ4n) is 3.24. The van der Waals surface area contributed by atoms with Crippen molar-refractivity contribution in [2.75, 3.05) is 6.54 Å². The molecule has 2 heteroatoms. The lowest BCUT2D eigenvalue weighted by molar-refractivity contribution is 0.336. The average molecular weight is 181 g/mol. The van der Waals surface area contributed by atoms with Crippen LogP contribution in [0.1, 0.15) is 44.9 Å². The van der Waals surface area contributed by atoms with Crippen molar-refractivity contribution in [1.82, 2.24) is 0 Å². The second kappa shape index (κ2) is 4.21. The van der Waals surface area contributed by atoms with Crippen molar-refractivity contribution in [3.63, 3.8) is 0 Å². The summed E-state index contributed by atoms with van der Waals surface area (Å²) in [5, 5.41) is 3.03. The molecular formula is C11H19NO. The molecule has 2 atom stereocenters. The summed E-state index contributed by atoms with van der Waals surface area (Å²) in [5.41, 5.74) is 0. The van der Waals surface area contributed by atoms with Crippen molar-refractivity contribution in [2.45, 2.75) is 44.9 Å². The summed E-state index contributed by atoms with van der Waals surface area (Å²) in [6.07, 6.45) is 9.70. The predicted molar refractivity (Wildman–Crippen MR) is 53.5 cm³/mol. The molecule has 2 unspecified atom stereocenters. The Bertz CT molecular complexity index is 175. The van der Waals surface area contributed by atoms with E-state index in [0.717, 1.165) is 11.8 Å². The van der Waals surface area contributed by atoms with Gasteiger partial charge in [-0.25, -0.2) is 0 Å². The van der Waals surface area contributed by atoms with Gasteiger partial charge in [-0.3, -0.25) is 0 Å². The summed E-state index contributed by atoms with van der Waals surface area (Å²) >= 11 is 0. The fourth-order valence-corrected chi connectivity index (χ4v) is 3.24. The van der Waals surface area contributed by atoms with Gasteiger partial charge in [-0.05, 0) is 37.0 Å². The first-order valence-electron chi connectivity index (χ1n) is 5.69. The van der Waals surface area contributed by atoms with Crippen molar-refractivity contribution >= 4 is 0 Å². The van der Waals surface area contributed by atoms with E-state index in [2.05, 4.69) is 5.18 Å². The Kier molecular flexibility index (Phi) is 2.97. The first kappa shape index (κ1) is 9.17. The molecule has 0 aliphatic heterocycles. The van der Waals surface area contributed by atoms with Crippen LogP contribution in [-0.4, -0.2) is 6.54 Å². The van der Waals surface area contributed by atoms with Gasteiger partial charge in [0, 0.05) is 0 Å². The monoisotopic (exact) mass is 181 g/mol. The molecule has 2 aliphatic rings. The quantitative estimate of drug-likeness (QED) is 0.614. The standard InChI is InChI=1S/C11H19NO/c13-12-8-9-5-6-11(7-9)10-3-1-2-4-10/h9-11H,1-8H2. The first-order valence-corrected chi connectivity index (χ1v) is 5.69. The van der Waals surface area contributed by atoms with E-state index >= 15 is 0 Å². The molecule has 0 aromatic heterocycles. The molecule has 13 heavy (non-hydrogen) atoms. The van der Waals surface area contributed by atoms with E-state index in [1.165, 1.54) is 44.9 Å². The molecular weight excluding hydrogens is 162 g/mol. The maximum Gasteiger partial charge on any atom is 0.0839 e. The Morgan fingerprint density at radius 3 is 2.46 bits per heavy atom. The van der Waals surface area contributed by atoms with E-state index < -0.39 is 0 Å². The summed E-state index contributed by atoms with van der Waals surface area (Å²) in [5.74, 6) is 2.56. The molecule has 2 fully saturated rings. The van der Waals surface area contributed by atoms with E-state index in [1.807, 2.05) is 0 Å². The lowest BCUT2D eigenvalue weighted by atomic mass is 9.89. The van der Waals surface area contributed by atoms with Gasteiger partial charge < -0.3 is 0 Å². The average Bonchev–Trinajstić information content (AvgIpc) is 2.70. The Morgan fingerprint density at radius 1 is 1.00 bits per heavy atom. The van der Waals surface area contributed by atoms with Crippen molar-refractivity contribution < 1.29 is 0 Å². The van der Waals surface area contributed by atoms with Gasteiger partial charge >= 0.3 is 0 Å². The molecule has 0 aromatic carbocycles. The molecule has 0 bridgehead atoms. The van der Waals surface area contributed by atoms with E-state index in [4.69, 9.17) is 0 Å². The Balaban J connectivity index is 1.79. The number of rotatable bonds is 3. The zero-order chi connectivity index (χ0) is 9.10. The zero-order valence-electron chi connectivity index (χ0n) is 8.24. The maximum absolute atomic E-state index is 10.1. The van der Waals surface area contributed by atoms with Gasteiger partial charge in [0.1, 0.15) is 0 Å². The van der Waals surface area contributed by atoms with Crippen LogP contribution < -0.4 is 0 Å². The van der Waals surface area contributed by atoms with Crippen molar-refractivity contribution in [2.24, 2.45) is 22.9 Å². The van der Waals surface area contributed by atoms with Gasteiger partial charge in [0.2, 0.25) is 0 Å². The van der Waals surface area contributed by atoms with Crippen LogP contribution in [0.5, 0.6) is 0 Å². The molecule has 0 N–H and O–H groups in total. The van der Waals surface area contributed by atoms with Crippen LogP contribution in [0.2, 0.25) is 0 Å². The lowest BCUT2D eigenvalue weighted by Crippen LogP contribution is -2.08. The van der Waals surface area contributed by atoms with Crippen LogP contribution in [0.4, 0.5) is 0 Å². The topological polar surface area (TPSA) is 29.4 Å². The molecule has 0 aromatic rings. The second-order valence-corrected chi connectivity index (χ2v) is 4.80. The van der Waals surface area contributed by atoms with E-state index in [0.29, 0.717) is 12.5 Å². The van der Waals surface area contributed by atoms with Crippen LogP contribution in [0.15, 0.2) is 5.18 Å². The van der Waals surface area contributed by atoms with Gasteiger partial charge in [-0.2, -0.15) is 4.91 Å². The van der Waals surface area contributed by atoms with Gasteiger partial charge in [-0.1, -0.05) is 30.9 Å².